The molecule has 2 aromatic rings. The zero-order chi connectivity index (χ0) is 16.7. The van der Waals surface area contributed by atoms with Crippen LogP contribution in [0.5, 0.6) is 0 Å². The predicted molar refractivity (Wildman–Crippen MR) is 96.0 cm³/mol. The summed E-state index contributed by atoms with van der Waals surface area (Å²) >= 11 is 0. The van der Waals surface area contributed by atoms with E-state index in [0.29, 0.717) is 25.4 Å². The van der Waals surface area contributed by atoms with Crippen LogP contribution in [0.25, 0.3) is 10.8 Å². The first-order chi connectivity index (χ1) is 11.6. The standard InChI is InChI=1S/C20H24N2O2/c1-14-13-22(11-10-20(14,24)17-7-8-17)19(23)21-18-9-6-15-4-2-3-5-16(15)12-18/h2-6,9,12,14,17,24H,7-8,10-11,13H2,1H3,(H,21,23)/t14?,20-/m0/s1. The lowest BCUT2D eigenvalue weighted by molar-refractivity contribution is -0.0724. The largest absolute Gasteiger partial charge is 0.389 e. The molecule has 0 radical (unpaired) electrons. The van der Waals surface area contributed by atoms with Gasteiger partial charge >= 0.3 is 6.03 Å². The van der Waals surface area contributed by atoms with E-state index in [1.54, 1.807) is 0 Å². The van der Waals surface area contributed by atoms with Crippen LogP contribution >= 0.6 is 0 Å². The Kier molecular flexibility index (Phi) is 3.72. The highest BCUT2D eigenvalue weighted by Crippen LogP contribution is 2.47. The minimum absolute atomic E-state index is 0.0741. The van der Waals surface area contributed by atoms with Crippen molar-refractivity contribution in [2.24, 2.45) is 11.8 Å². The molecule has 0 aromatic heterocycles. The summed E-state index contributed by atoms with van der Waals surface area (Å²) in [7, 11) is 0. The molecule has 0 spiro atoms. The molecular weight excluding hydrogens is 300 g/mol. The van der Waals surface area contributed by atoms with Crippen LogP contribution in [0.15, 0.2) is 42.5 Å². The van der Waals surface area contributed by atoms with Crippen LogP contribution in [0, 0.1) is 11.8 Å². The van der Waals surface area contributed by atoms with Crippen LogP contribution in [-0.4, -0.2) is 34.7 Å². The number of rotatable bonds is 2. The molecule has 1 aliphatic carbocycles. The number of nitrogens with zero attached hydrogens (tertiary/aromatic N) is 1. The second kappa shape index (κ2) is 5.78. The molecule has 0 bridgehead atoms. The van der Waals surface area contributed by atoms with Crippen molar-refractivity contribution >= 4 is 22.5 Å². The van der Waals surface area contributed by atoms with Crippen LogP contribution < -0.4 is 5.32 Å². The molecule has 1 saturated heterocycles. The number of hydrogen-bond acceptors (Lipinski definition) is 2. The van der Waals surface area contributed by atoms with Gasteiger partial charge in [-0.25, -0.2) is 4.79 Å². The number of fused-ring (bicyclic) bond motifs is 1. The summed E-state index contributed by atoms with van der Waals surface area (Å²) in [6.45, 7) is 3.30. The van der Waals surface area contributed by atoms with E-state index in [9.17, 15) is 9.90 Å². The Labute approximate surface area is 142 Å². The molecule has 2 aromatic carbocycles. The Morgan fingerprint density at radius 2 is 1.96 bits per heavy atom. The third kappa shape index (κ3) is 2.75. The summed E-state index contributed by atoms with van der Waals surface area (Å²) in [5.41, 5.74) is 0.245. The maximum atomic E-state index is 12.6. The first kappa shape index (κ1) is 15.5. The predicted octanol–water partition coefficient (Wildman–Crippen LogP) is 3.85. The molecule has 2 atom stereocenters. The minimum atomic E-state index is -0.570. The Morgan fingerprint density at radius 3 is 2.67 bits per heavy atom. The lowest BCUT2D eigenvalue weighted by Gasteiger charge is -2.43. The van der Waals surface area contributed by atoms with Crippen LogP contribution in [-0.2, 0) is 0 Å². The highest BCUT2D eigenvalue weighted by atomic mass is 16.3. The Morgan fingerprint density at radius 1 is 1.21 bits per heavy atom. The number of urea groups is 1. The van der Waals surface area contributed by atoms with Crippen LogP contribution in [0.3, 0.4) is 0 Å². The third-order valence-corrected chi connectivity index (χ3v) is 5.70. The summed E-state index contributed by atoms with van der Waals surface area (Å²) in [5.74, 6) is 0.569. The molecule has 1 unspecified atom stereocenters. The van der Waals surface area contributed by atoms with Crippen LogP contribution in [0.2, 0.25) is 0 Å². The van der Waals surface area contributed by atoms with Crippen LogP contribution in [0.1, 0.15) is 26.2 Å². The van der Waals surface area contributed by atoms with Crippen molar-refractivity contribution < 1.29 is 9.90 Å². The number of aliphatic hydroxyl groups is 1. The van der Waals surface area contributed by atoms with Gasteiger partial charge in [0.15, 0.2) is 0 Å². The smallest absolute Gasteiger partial charge is 0.321 e. The monoisotopic (exact) mass is 324 g/mol. The van der Waals surface area contributed by atoms with Crippen molar-refractivity contribution in [1.29, 1.82) is 0 Å². The fraction of sp³-hybridized carbons (Fsp3) is 0.450. The van der Waals surface area contributed by atoms with E-state index in [4.69, 9.17) is 0 Å². The van der Waals surface area contributed by atoms with Gasteiger partial charge in [-0.1, -0.05) is 37.3 Å². The number of anilines is 1. The summed E-state index contributed by atoms with van der Waals surface area (Å²) in [6.07, 6.45) is 2.94. The number of nitrogens with one attached hydrogen (secondary N) is 1. The molecule has 1 aliphatic heterocycles. The second-order valence-electron chi connectivity index (χ2n) is 7.35. The fourth-order valence-corrected chi connectivity index (χ4v) is 3.98. The summed E-state index contributed by atoms with van der Waals surface area (Å²) in [5, 5.41) is 16.1. The number of benzene rings is 2. The van der Waals surface area contributed by atoms with E-state index in [2.05, 4.69) is 18.3 Å². The molecule has 2 fully saturated rings. The highest BCUT2D eigenvalue weighted by molar-refractivity contribution is 5.93. The topological polar surface area (TPSA) is 52.6 Å². The van der Waals surface area contributed by atoms with Crippen molar-refractivity contribution in [1.82, 2.24) is 4.90 Å². The van der Waals surface area contributed by atoms with E-state index in [0.717, 1.165) is 29.3 Å². The molecule has 1 saturated carbocycles. The SMILES string of the molecule is CC1CN(C(=O)Nc2ccc3ccccc3c2)CC[C@@]1(O)C1CC1. The average Bonchev–Trinajstić information content (AvgIpc) is 3.42. The second-order valence-corrected chi connectivity index (χ2v) is 7.35. The van der Waals surface area contributed by atoms with Gasteiger partial charge in [-0.05, 0) is 48.1 Å². The van der Waals surface area contributed by atoms with E-state index < -0.39 is 5.60 Å². The maximum Gasteiger partial charge on any atom is 0.321 e. The van der Waals surface area contributed by atoms with E-state index in [1.807, 2.05) is 41.3 Å². The summed E-state index contributed by atoms with van der Waals surface area (Å²) in [4.78, 5) is 14.4. The number of piperidine rings is 1. The molecule has 24 heavy (non-hydrogen) atoms. The van der Waals surface area contributed by atoms with Gasteiger partial charge in [0.25, 0.3) is 0 Å². The van der Waals surface area contributed by atoms with Gasteiger partial charge in [0, 0.05) is 24.7 Å². The number of hydrogen-bond donors (Lipinski definition) is 2. The molecule has 1 heterocycles. The number of carbonyl (C=O) groups excluding carboxylic acids is 1. The van der Waals surface area contributed by atoms with Gasteiger partial charge in [-0.15, -0.1) is 0 Å². The van der Waals surface area contributed by atoms with Gasteiger partial charge in [0.1, 0.15) is 0 Å². The molecule has 4 nitrogen and oxygen atoms in total. The molecule has 4 heteroatoms. The molecule has 4 rings (SSSR count). The van der Waals surface area contributed by atoms with Gasteiger partial charge in [-0.2, -0.15) is 0 Å². The van der Waals surface area contributed by atoms with Crippen LogP contribution in [0.4, 0.5) is 10.5 Å². The molecule has 2 N–H and O–H groups in total. The van der Waals surface area contributed by atoms with Crippen molar-refractivity contribution in [3.8, 4) is 0 Å². The quantitative estimate of drug-likeness (QED) is 0.881. The normalized spacial score (nSPS) is 27.2. The van der Waals surface area contributed by atoms with Crippen molar-refractivity contribution in [2.75, 3.05) is 18.4 Å². The van der Waals surface area contributed by atoms with Crippen molar-refractivity contribution in [3.05, 3.63) is 42.5 Å². The first-order valence-electron chi connectivity index (χ1n) is 8.83. The van der Waals surface area contributed by atoms with Gasteiger partial charge in [-0.3, -0.25) is 0 Å². The molecule has 2 aliphatic rings. The summed E-state index contributed by atoms with van der Waals surface area (Å²) in [6, 6.07) is 14.0. The Balaban J connectivity index is 1.44. The average molecular weight is 324 g/mol. The van der Waals surface area contributed by atoms with Gasteiger partial charge in [0.2, 0.25) is 0 Å². The van der Waals surface area contributed by atoms with E-state index >= 15 is 0 Å². The molecule has 126 valence electrons. The van der Waals surface area contributed by atoms with Gasteiger partial charge in [0.05, 0.1) is 5.60 Å². The minimum Gasteiger partial charge on any atom is -0.389 e. The third-order valence-electron chi connectivity index (χ3n) is 5.70. The van der Waals surface area contributed by atoms with E-state index in [-0.39, 0.29) is 11.9 Å². The number of carbonyl (C=O) groups is 1. The fourth-order valence-electron chi connectivity index (χ4n) is 3.98. The number of amides is 2. The summed E-state index contributed by atoms with van der Waals surface area (Å²) < 4.78 is 0. The van der Waals surface area contributed by atoms with Crippen molar-refractivity contribution in [2.45, 2.75) is 31.8 Å². The highest BCUT2D eigenvalue weighted by Gasteiger charge is 2.50. The molecule has 2 amide bonds. The zero-order valence-corrected chi connectivity index (χ0v) is 14.0. The van der Waals surface area contributed by atoms with Crippen molar-refractivity contribution in [3.63, 3.8) is 0 Å². The lowest BCUT2D eigenvalue weighted by atomic mass is 9.78. The number of likely N-dealkylation sites (tertiary alicyclic amines) is 1. The van der Waals surface area contributed by atoms with Gasteiger partial charge < -0.3 is 15.3 Å². The first-order valence-corrected chi connectivity index (χ1v) is 8.83. The van der Waals surface area contributed by atoms with E-state index in [1.165, 1.54) is 0 Å². The molecular formula is C20H24N2O2. The maximum absolute atomic E-state index is 12.6. The lowest BCUT2D eigenvalue weighted by Crippen LogP contribution is -2.54. The Hall–Kier alpha value is -2.07. The zero-order valence-electron chi connectivity index (χ0n) is 14.0. The Bertz CT molecular complexity index is 771.